The van der Waals surface area contributed by atoms with Crippen LogP contribution in [0, 0.1) is 6.92 Å². The molecule has 0 bridgehead atoms. The average molecular weight is 477 g/mol. The molecule has 0 spiro atoms. The summed E-state index contributed by atoms with van der Waals surface area (Å²) < 4.78 is 46.2. The minimum absolute atomic E-state index is 0.156. The van der Waals surface area contributed by atoms with Crippen LogP contribution in [0.2, 0.25) is 0 Å². The number of alkyl halides is 3. The van der Waals surface area contributed by atoms with Gasteiger partial charge in [0.25, 0.3) is 0 Å². The number of halogens is 3. The lowest BCUT2D eigenvalue weighted by atomic mass is 9.73. The summed E-state index contributed by atoms with van der Waals surface area (Å²) >= 11 is 0. The first kappa shape index (κ1) is 24.7. The van der Waals surface area contributed by atoms with Crippen molar-refractivity contribution in [2.75, 3.05) is 32.8 Å². The number of rotatable bonds is 7. The van der Waals surface area contributed by atoms with Crippen LogP contribution in [0.25, 0.3) is 0 Å². The number of carbonyl (C=O) groups excluding carboxylic acids is 1. The number of benzene rings is 2. The van der Waals surface area contributed by atoms with Gasteiger partial charge < -0.3 is 9.84 Å². The number of aryl methyl sites for hydroxylation is 1. The highest BCUT2D eigenvalue weighted by atomic mass is 19.4. The van der Waals surface area contributed by atoms with E-state index in [2.05, 4.69) is 5.01 Å². The standard InChI is InChI=1S/C26H31F3N2O3/c1-19-14-20(16-22(15-19)26(27,28)29)23(17-32)34-18-25(21-6-3-2-4-7-21)9-12-30(13-10-25)31-11-5-8-24(31)33/h2-4,6-7,14-16,23,32H,5,8-13,17-18H2,1H3/t23-/m1/s1. The second kappa shape index (κ2) is 10.1. The quantitative estimate of drug-likeness (QED) is 0.633. The van der Waals surface area contributed by atoms with Crippen molar-refractivity contribution in [2.24, 2.45) is 0 Å². The Morgan fingerprint density at radius 3 is 2.38 bits per heavy atom. The zero-order chi connectivity index (χ0) is 24.3. The summed E-state index contributed by atoms with van der Waals surface area (Å²) in [5, 5.41) is 14.0. The number of amides is 1. The topological polar surface area (TPSA) is 53.0 Å². The number of ether oxygens (including phenoxy) is 1. The van der Waals surface area contributed by atoms with Crippen LogP contribution in [0.5, 0.6) is 0 Å². The van der Waals surface area contributed by atoms with Crippen LogP contribution in [0.1, 0.15) is 54.0 Å². The van der Waals surface area contributed by atoms with Gasteiger partial charge in [0.05, 0.1) is 18.8 Å². The molecular weight excluding hydrogens is 445 g/mol. The summed E-state index contributed by atoms with van der Waals surface area (Å²) in [6, 6.07) is 13.7. The van der Waals surface area contributed by atoms with Crippen molar-refractivity contribution in [3.05, 3.63) is 70.8 Å². The predicted octanol–water partition coefficient (Wildman–Crippen LogP) is 4.64. The molecule has 0 aliphatic carbocycles. The van der Waals surface area contributed by atoms with Crippen molar-refractivity contribution in [1.29, 1.82) is 0 Å². The fourth-order valence-corrected chi connectivity index (χ4v) is 5.08. The monoisotopic (exact) mass is 476 g/mol. The van der Waals surface area contributed by atoms with Gasteiger partial charge >= 0.3 is 6.18 Å². The molecule has 2 fully saturated rings. The Bertz CT molecular complexity index is 989. The van der Waals surface area contributed by atoms with E-state index in [1.807, 2.05) is 35.3 Å². The number of carbonyl (C=O) groups is 1. The van der Waals surface area contributed by atoms with Gasteiger partial charge in [-0.15, -0.1) is 0 Å². The number of piperidine rings is 1. The van der Waals surface area contributed by atoms with E-state index in [1.165, 1.54) is 0 Å². The maximum atomic E-state index is 13.3. The lowest BCUT2D eigenvalue weighted by molar-refractivity contribution is -0.147. The van der Waals surface area contributed by atoms with Crippen molar-refractivity contribution in [1.82, 2.24) is 10.0 Å². The van der Waals surface area contributed by atoms with Gasteiger partial charge in [-0.25, -0.2) is 5.01 Å². The lowest BCUT2D eigenvalue weighted by Crippen LogP contribution is -2.52. The Morgan fingerprint density at radius 1 is 1.09 bits per heavy atom. The summed E-state index contributed by atoms with van der Waals surface area (Å²) in [4.78, 5) is 12.2. The van der Waals surface area contributed by atoms with Gasteiger partial charge in [0.2, 0.25) is 5.91 Å². The SMILES string of the molecule is Cc1cc([C@@H](CO)OCC2(c3ccccc3)CCN(N3CCCC3=O)CC2)cc(C(F)(F)F)c1. The molecule has 1 N–H and O–H groups in total. The van der Waals surface area contributed by atoms with E-state index < -0.39 is 24.5 Å². The van der Waals surface area contributed by atoms with Crippen molar-refractivity contribution in [3.63, 3.8) is 0 Å². The van der Waals surface area contributed by atoms with E-state index in [1.54, 1.807) is 13.0 Å². The first-order chi connectivity index (χ1) is 16.2. The van der Waals surface area contributed by atoms with Gasteiger partial charge in [-0.3, -0.25) is 9.80 Å². The molecule has 1 atom stereocenters. The first-order valence-corrected chi connectivity index (χ1v) is 11.7. The molecule has 0 aromatic heterocycles. The summed E-state index contributed by atoms with van der Waals surface area (Å²) in [5.41, 5.74) is 0.779. The summed E-state index contributed by atoms with van der Waals surface area (Å²) in [6.07, 6.45) is -2.40. The van der Waals surface area contributed by atoms with Gasteiger partial charge in [-0.2, -0.15) is 13.2 Å². The highest BCUT2D eigenvalue weighted by molar-refractivity contribution is 5.77. The van der Waals surface area contributed by atoms with Gasteiger partial charge in [-0.1, -0.05) is 42.0 Å². The summed E-state index contributed by atoms with van der Waals surface area (Å²) in [5.74, 6) is 0.156. The molecular formula is C26H31F3N2O3. The number of hydrogen-bond acceptors (Lipinski definition) is 4. The molecule has 184 valence electrons. The second-order valence-corrected chi connectivity index (χ2v) is 9.33. The highest BCUT2D eigenvalue weighted by Crippen LogP contribution is 2.39. The summed E-state index contributed by atoms with van der Waals surface area (Å²) in [7, 11) is 0. The highest BCUT2D eigenvalue weighted by Gasteiger charge is 2.40. The van der Waals surface area contributed by atoms with Crippen molar-refractivity contribution in [3.8, 4) is 0 Å². The molecule has 1 amide bonds. The Morgan fingerprint density at radius 2 is 1.79 bits per heavy atom. The van der Waals surface area contributed by atoms with Gasteiger partial charge in [0.15, 0.2) is 0 Å². The van der Waals surface area contributed by atoms with E-state index in [4.69, 9.17) is 4.74 Å². The van der Waals surface area contributed by atoms with E-state index in [0.717, 1.165) is 43.5 Å². The summed E-state index contributed by atoms with van der Waals surface area (Å²) in [6.45, 7) is 3.58. The molecule has 0 saturated carbocycles. The van der Waals surface area contributed by atoms with Crippen molar-refractivity contribution >= 4 is 5.91 Å². The van der Waals surface area contributed by atoms with Crippen molar-refractivity contribution in [2.45, 2.75) is 50.3 Å². The van der Waals surface area contributed by atoms with E-state index >= 15 is 0 Å². The number of aliphatic hydroxyl groups is 1. The molecule has 2 heterocycles. The zero-order valence-corrected chi connectivity index (χ0v) is 19.4. The average Bonchev–Trinajstić information content (AvgIpc) is 3.25. The van der Waals surface area contributed by atoms with Crippen LogP contribution < -0.4 is 0 Å². The molecule has 2 saturated heterocycles. The normalized spacial score (nSPS) is 20.0. The number of nitrogens with zero attached hydrogens (tertiary/aromatic N) is 2. The number of hydrogen-bond donors (Lipinski definition) is 1. The van der Waals surface area contributed by atoms with Crippen LogP contribution >= 0.6 is 0 Å². The van der Waals surface area contributed by atoms with E-state index in [0.29, 0.717) is 30.6 Å². The van der Waals surface area contributed by atoms with Crippen LogP contribution in [-0.4, -0.2) is 53.9 Å². The molecule has 2 aromatic carbocycles. The fraction of sp³-hybridized carbons (Fsp3) is 0.500. The lowest BCUT2D eigenvalue weighted by Gasteiger charge is -2.45. The molecule has 34 heavy (non-hydrogen) atoms. The van der Waals surface area contributed by atoms with Gasteiger partial charge in [-0.05, 0) is 49.4 Å². The third-order valence-corrected chi connectivity index (χ3v) is 7.00. The predicted molar refractivity (Wildman–Crippen MR) is 122 cm³/mol. The Kier molecular flexibility index (Phi) is 7.31. The third kappa shape index (κ3) is 5.29. The molecule has 0 unspecified atom stereocenters. The molecule has 5 nitrogen and oxygen atoms in total. The Balaban J connectivity index is 1.54. The van der Waals surface area contributed by atoms with Gasteiger partial charge in [0, 0.05) is 31.5 Å². The first-order valence-electron chi connectivity index (χ1n) is 11.7. The second-order valence-electron chi connectivity index (χ2n) is 9.33. The van der Waals surface area contributed by atoms with E-state index in [9.17, 15) is 23.1 Å². The van der Waals surface area contributed by atoms with Crippen LogP contribution in [-0.2, 0) is 21.1 Å². The van der Waals surface area contributed by atoms with Crippen LogP contribution in [0.15, 0.2) is 48.5 Å². The number of aliphatic hydroxyl groups excluding tert-OH is 1. The van der Waals surface area contributed by atoms with Crippen LogP contribution in [0.4, 0.5) is 13.2 Å². The molecule has 0 radical (unpaired) electrons. The van der Waals surface area contributed by atoms with Gasteiger partial charge in [0.1, 0.15) is 6.10 Å². The molecule has 2 aliphatic rings. The Labute approximate surface area is 198 Å². The fourth-order valence-electron chi connectivity index (χ4n) is 5.08. The van der Waals surface area contributed by atoms with E-state index in [-0.39, 0.29) is 17.9 Å². The Hall–Kier alpha value is -2.42. The minimum atomic E-state index is -4.47. The molecule has 8 heteroatoms. The number of hydrazine groups is 1. The van der Waals surface area contributed by atoms with Crippen LogP contribution in [0.3, 0.4) is 0 Å². The largest absolute Gasteiger partial charge is 0.416 e. The zero-order valence-electron chi connectivity index (χ0n) is 19.4. The third-order valence-electron chi connectivity index (χ3n) is 7.00. The molecule has 2 aliphatic heterocycles. The molecule has 4 rings (SSSR count). The smallest absolute Gasteiger partial charge is 0.393 e. The molecule has 2 aromatic rings. The minimum Gasteiger partial charge on any atom is -0.393 e. The van der Waals surface area contributed by atoms with Crippen molar-refractivity contribution < 1.29 is 27.8 Å². The maximum Gasteiger partial charge on any atom is 0.416 e. The maximum absolute atomic E-state index is 13.3.